The molecule has 9 heteroatoms. The van der Waals surface area contributed by atoms with Gasteiger partial charge >= 0.3 is 0 Å². The highest BCUT2D eigenvalue weighted by Gasteiger charge is 2.26. The lowest BCUT2D eigenvalue weighted by atomic mass is 9.99. The number of aliphatic hydroxyl groups is 2. The number of carbonyl (C=O) groups is 1. The number of aromatic nitrogens is 3. The van der Waals surface area contributed by atoms with Crippen molar-refractivity contribution in [3.05, 3.63) is 54.4 Å². The maximum absolute atomic E-state index is 13.2. The molecule has 2 aromatic heterocycles. The van der Waals surface area contributed by atoms with E-state index in [0.29, 0.717) is 30.2 Å². The van der Waals surface area contributed by atoms with E-state index in [2.05, 4.69) is 10.4 Å². The predicted molar refractivity (Wildman–Crippen MR) is 138 cm³/mol. The molecule has 1 aromatic carbocycles. The van der Waals surface area contributed by atoms with Crippen molar-refractivity contribution in [2.24, 2.45) is 5.92 Å². The molecule has 0 fully saturated rings. The second-order valence-corrected chi connectivity index (χ2v) is 11.0. The molecule has 0 saturated heterocycles. The molecule has 2 heterocycles. The number of hydrogen-bond donors (Lipinski definition) is 4. The average molecular weight is 499 g/mol. The molecule has 4 N–H and O–H groups in total. The van der Waals surface area contributed by atoms with Crippen LogP contribution in [0.5, 0.6) is 17.4 Å². The molecule has 196 valence electrons. The average Bonchev–Trinajstić information content (AvgIpc) is 3.29. The number of carbonyl (C=O) groups excluding carboxylic acids is 1. The Morgan fingerprint density at radius 3 is 2.44 bits per heavy atom. The highest BCUT2D eigenvalue weighted by molar-refractivity contribution is 5.93. The summed E-state index contributed by atoms with van der Waals surface area (Å²) in [7, 11) is 0. The number of rotatable bonds is 11. The summed E-state index contributed by atoms with van der Waals surface area (Å²) in [5.41, 5.74) is -0.860. The van der Waals surface area contributed by atoms with Gasteiger partial charge in [-0.25, -0.2) is 0 Å². The van der Waals surface area contributed by atoms with Gasteiger partial charge in [0.05, 0.1) is 23.9 Å². The van der Waals surface area contributed by atoms with E-state index in [1.165, 1.54) is 10.6 Å². The number of ether oxygens (including phenoxy) is 1. The van der Waals surface area contributed by atoms with Crippen molar-refractivity contribution in [3.8, 4) is 17.4 Å². The lowest BCUT2D eigenvalue weighted by Gasteiger charge is -2.20. The third-order valence-corrected chi connectivity index (χ3v) is 5.35. The molecule has 0 radical (unpaired) electrons. The Balaban J connectivity index is 1.78. The maximum Gasteiger partial charge on any atom is 0.248 e. The van der Waals surface area contributed by atoms with E-state index in [4.69, 9.17) is 4.74 Å². The van der Waals surface area contributed by atoms with Gasteiger partial charge in [-0.3, -0.25) is 9.48 Å². The molecule has 1 amide bonds. The molecule has 36 heavy (non-hydrogen) atoms. The molecule has 0 bridgehead atoms. The van der Waals surface area contributed by atoms with E-state index in [1.54, 1.807) is 56.9 Å². The van der Waals surface area contributed by atoms with Crippen LogP contribution >= 0.6 is 0 Å². The van der Waals surface area contributed by atoms with Crippen LogP contribution in [-0.2, 0) is 17.8 Å². The molecule has 0 unspecified atom stereocenters. The Morgan fingerprint density at radius 1 is 1.08 bits per heavy atom. The van der Waals surface area contributed by atoms with Crippen LogP contribution in [0.3, 0.4) is 0 Å². The first-order chi connectivity index (χ1) is 16.7. The Hall–Kier alpha value is -3.30. The molecular weight excluding hydrogens is 460 g/mol. The molecule has 0 aliphatic rings. The number of nitrogens with one attached hydrogen (secondary N) is 1. The molecule has 3 aromatic rings. The summed E-state index contributed by atoms with van der Waals surface area (Å²) in [5.74, 6) is 1.09. The SMILES string of the molecule is CC(C)C[C@@H](C(=O)Nc1ccn(CC(C)(C)O)n1)n1cc(Oc2cccc(CC(C)(C)O)c2)cc1O. The van der Waals surface area contributed by atoms with Crippen molar-refractivity contribution >= 4 is 11.7 Å². The summed E-state index contributed by atoms with van der Waals surface area (Å²) >= 11 is 0. The predicted octanol–water partition coefficient (Wildman–Crippen LogP) is 4.49. The fourth-order valence-corrected chi connectivity index (χ4v) is 4.02. The first-order valence-corrected chi connectivity index (χ1v) is 12.2. The molecule has 9 nitrogen and oxygen atoms in total. The molecule has 0 saturated carbocycles. The van der Waals surface area contributed by atoms with Gasteiger partial charge in [-0.1, -0.05) is 26.0 Å². The third-order valence-electron chi connectivity index (χ3n) is 5.35. The fraction of sp³-hybridized carbons (Fsp3) is 0.481. The standard InChI is InChI=1S/C27H38N4O5/c1-18(2)12-22(25(33)28-23-10-11-30(29-23)17-27(5,6)35)31-16-21(14-24(31)32)36-20-9-7-8-19(13-20)15-26(3,4)34/h7-11,13-14,16,18,22,32,34-35H,12,15,17H2,1-6H3,(H,28,29,33)/t22-/m0/s1. The zero-order chi connectivity index (χ0) is 26.7. The number of amides is 1. The van der Waals surface area contributed by atoms with Gasteiger partial charge in [-0.2, -0.15) is 5.10 Å². The second kappa shape index (κ2) is 10.8. The zero-order valence-electron chi connectivity index (χ0n) is 21.9. The van der Waals surface area contributed by atoms with Gasteiger partial charge in [-0.05, 0) is 57.7 Å². The zero-order valence-corrected chi connectivity index (χ0v) is 21.9. The number of aromatic hydroxyl groups is 1. The maximum atomic E-state index is 13.2. The van der Waals surface area contributed by atoms with Crippen LogP contribution in [0.2, 0.25) is 0 Å². The van der Waals surface area contributed by atoms with Crippen LogP contribution < -0.4 is 10.1 Å². The quantitative estimate of drug-likeness (QED) is 0.309. The Morgan fingerprint density at radius 2 is 1.81 bits per heavy atom. The topological polar surface area (TPSA) is 122 Å². The van der Waals surface area contributed by atoms with Crippen LogP contribution in [0, 0.1) is 5.92 Å². The largest absolute Gasteiger partial charge is 0.494 e. The van der Waals surface area contributed by atoms with Gasteiger partial charge < -0.3 is 29.9 Å². The van der Waals surface area contributed by atoms with Gasteiger partial charge in [0, 0.05) is 24.8 Å². The Kier molecular flexibility index (Phi) is 8.15. The summed E-state index contributed by atoms with van der Waals surface area (Å²) in [6.45, 7) is 11.2. The summed E-state index contributed by atoms with van der Waals surface area (Å²) in [4.78, 5) is 13.2. The van der Waals surface area contributed by atoms with E-state index in [0.717, 1.165) is 5.56 Å². The van der Waals surface area contributed by atoms with Gasteiger partial charge in [0.15, 0.2) is 11.7 Å². The Bertz CT molecular complexity index is 1170. The lowest BCUT2D eigenvalue weighted by molar-refractivity contribution is -0.119. The van der Waals surface area contributed by atoms with E-state index in [9.17, 15) is 20.1 Å². The minimum absolute atomic E-state index is 0.0917. The van der Waals surface area contributed by atoms with E-state index < -0.39 is 17.2 Å². The van der Waals surface area contributed by atoms with E-state index >= 15 is 0 Å². The van der Waals surface area contributed by atoms with Crippen LogP contribution in [0.15, 0.2) is 48.8 Å². The monoisotopic (exact) mass is 498 g/mol. The minimum Gasteiger partial charge on any atom is -0.494 e. The molecule has 1 atom stereocenters. The second-order valence-electron chi connectivity index (χ2n) is 11.0. The molecule has 0 aliphatic heterocycles. The first kappa shape index (κ1) is 27.3. The van der Waals surface area contributed by atoms with Gasteiger partial charge in [0.1, 0.15) is 17.5 Å². The highest BCUT2D eigenvalue weighted by atomic mass is 16.5. The van der Waals surface area contributed by atoms with Crippen LogP contribution in [0.4, 0.5) is 5.82 Å². The van der Waals surface area contributed by atoms with Gasteiger partial charge in [-0.15, -0.1) is 0 Å². The number of hydrogen-bond acceptors (Lipinski definition) is 6. The van der Waals surface area contributed by atoms with E-state index in [1.807, 2.05) is 32.0 Å². The fourth-order valence-electron chi connectivity index (χ4n) is 4.02. The Labute approximate surface area is 212 Å². The molecule has 3 rings (SSSR count). The summed E-state index contributed by atoms with van der Waals surface area (Å²) < 4.78 is 9.03. The van der Waals surface area contributed by atoms with Gasteiger partial charge in [0.25, 0.3) is 0 Å². The molecule has 0 aliphatic carbocycles. The van der Waals surface area contributed by atoms with Crippen molar-refractivity contribution in [3.63, 3.8) is 0 Å². The highest BCUT2D eigenvalue weighted by Crippen LogP contribution is 2.33. The van der Waals surface area contributed by atoms with Crippen LogP contribution in [0.25, 0.3) is 0 Å². The van der Waals surface area contributed by atoms with Gasteiger partial charge in [0.2, 0.25) is 5.91 Å². The molecular formula is C27H38N4O5. The smallest absolute Gasteiger partial charge is 0.248 e. The molecule has 0 spiro atoms. The van der Waals surface area contributed by atoms with E-state index in [-0.39, 0.29) is 24.2 Å². The van der Waals surface area contributed by atoms with Crippen molar-refractivity contribution in [1.29, 1.82) is 0 Å². The normalized spacial score (nSPS) is 13.1. The minimum atomic E-state index is -0.936. The summed E-state index contributed by atoms with van der Waals surface area (Å²) in [5, 5.41) is 37.9. The summed E-state index contributed by atoms with van der Waals surface area (Å²) in [6, 6.07) is 9.85. The van der Waals surface area contributed by atoms with Crippen LogP contribution in [-0.4, -0.2) is 46.8 Å². The number of benzene rings is 1. The number of anilines is 1. The van der Waals surface area contributed by atoms with Crippen molar-refractivity contribution in [2.75, 3.05) is 5.32 Å². The number of nitrogens with zero attached hydrogens (tertiary/aromatic N) is 3. The summed E-state index contributed by atoms with van der Waals surface area (Å²) in [6.07, 6.45) is 4.26. The first-order valence-electron chi connectivity index (χ1n) is 12.2. The van der Waals surface area contributed by atoms with Crippen molar-refractivity contribution in [2.45, 2.75) is 78.2 Å². The third kappa shape index (κ3) is 8.13. The van der Waals surface area contributed by atoms with Crippen LogP contribution in [0.1, 0.15) is 59.6 Å². The van der Waals surface area contributed by atoms with Crippen molar-refractivity contribution in [1.82, 2.24) is 14.3 Å². The lowest BCUT2D eigenvalue weighted by Crippen LogP contribution is -2.28. The van der Waals surface area contributed by atoms with Crippen molar-refractivity contribution < 1.29 is 24.9 Å².